The Bertz CT molecular complexity index is 1280. The summed E-state index contributed by atoms with van der Waals surface area (Å²) in [5.41, 5.74) is 2.04. The molecule has 174 valence electrons. The molecule has 2 N–H and O–H groups in total. The van der Waals surface area contributed by atoms with Gasteiger partial charge in [0.25, 0.3) is 5.91 Å². The van der Waals surface area contributed by atoms with Crippen LogP contribution in [0.4, 0.5) is 10.2 Å². The number of fused-ring (bicyclic) bond motifs is 1. The zero-order valence-electron chi connectivity index (χ0n) is 19.2. The molecule has 0 radical (unpaired) electrons. The van der Waals surface area contributed by atoms with Crippen molar-refractivity contribution in [3.8, 4) is 23.0 Å². The number of amides is 1. The first-order valence-corrected chi connectivity index (χ1v) is 11.4. The number of hydrogen-bond acceptors (Lipinski definition) is 6. The summed E-state index contributed by atoms with van der Waals surface area (Å²) in [4.78, 5) is 19.4. The largest absolute Gasteiger partial charge is 0.366 e. The molecule has 2 aromatic heterocycles. The molecule has 3 heterocycles. The fraction of sp³-hybridized carbons (Fsp3) is 0.360. The summed E-state index contributed by atoms with van der Waals surface area (Å²) >= 11 is 0. The molecule has 1 aliphatic carbocycles. The molecule has 1 fully saturated rings. The summed E-state index contributed by atoms with van der Waals surface area (Å²) in [6.45, 7) is 0.243. The Morgan fingerprint density at radius 3 is 2.74 bits per heavy atom. The van der Waals surface area contributed by atoms with Crippen molar-refractivity contribution in [2.24, 2.45) is 0 Å². The second-order valence-electron chi connectivity index (χ2n) is 9.06. The molecule has 0 atom stereocenters. The van der Waals surface area contributed by atoms with Gasteiger partial charge in [-0.2, -0.15) is 10.4 Å². The number of benzene rings is 1. The van der Waals surface area contributed by atoms with Gasteiger partial charge in [-0.3, -0.25) is 4.79 Å². The smallest absolute Gasteiger partial charge is 0.255 e. The van der Waals surface area contributed by atoms with Gasteiger partial charge in [-0.25, -0.2) is 14.1 Å². The van der Waals surface area contributed by atoms with E-state index in [1.54, 1.807) is 23.0 Å². The SMILES string of the molecule is CN(C)C1CCC(Nc2ccn(-c3cc(-c4c(F)cccc4C#N)nc4c3C(=O)NC4)n2)CC1. The number of carbonyl (C=O) groups excluding carboxylic acids is 1. The van der Waals surface area contributed by atoms with Crippen LogP contribution < -0.4 is 10.6 Å². The summed E-state index contributed by atoms with van der Waals surface area (Å²) in [7, 11) is 4.25. The molecule has 3 aromatic rings. The molecule has 34 heavy (non-hydrogen) atoms. The van der Waals surface area contributed by atoms with Crippen molar-refractivity contribution in [3.05, 3.63) is 59.2 Å². The average molecular weight is 460 g/mol. The number of nitrogens with zero attached hydrogens (tertiary/aromatic N) is 5. The Morgan fingerprint density at radius 1 is 1.21 bits per heavy atom. The monoisotopic (exact) mass is 459 g/mol. The molecule has 0 saturated heterocycles. The van der Waals surface area contributed by atoms with Crippen LogP contribution >= 0.6 is 0 Å². The number of carbonyl (C=O) groups is 1. The quantitative estimate of drug-likeness (QED) is 0.606. The van der Waals surface area contributed by atoms with Gasteiger partial charge in [-0.05, 0) is 58.0 Å². The van der Waals surface area contributed by atoms with Crippen molar-refractivity contribution in [1.29, 1.82) is 5.26 Å². The Hall–Kier alpha value is -3.77. The minimum Gasteiger partial charge on any atom is -0.366 e. The lowest BCUT2D eigenvalue weighted by molar-refractivity contribution is 0.0965. The second-order valence-corrected chi connectivity index (χ2v) is 9.06. The van der Waals surface area contributed by atoms with E-state index < -0.39 is 5.82 Å². The van der Waals surface area contributed by atoms with Crippen LogP contribution in [0.5, 0.6) is 0 Å². The highest BCUT2D eigenvalue weighted by Crippen LogP contribution is 2.32. The Labute approximate surface area is 197 Å². The van der Waals surface area contributed by atoms with Crippen LogP contribution in [-0.2, 0) is 6.54 Å². The molecule has 8 nitrogen and oxygen atoms in total. The van der Waals surface area contributed by atoms with Gasteiger partial charge in [-0.1, -0.05) is 6.07 Å². The minimum atomic E-state index is -0.536. The summed E-state index contributed by atoms with van der Waals surface area (Å²) in [6, 6.07) is 10.8. The molecule has 1 saturated carbocycles. The highest BCUT2D eigenvalue weighted by atomic mass is 19.1. The predicted octanol–water partition coefficient (Wildman–Crippen LogP) is 3.47. The van der Waals surface area contributed by atoms with Gasteiger partial charge in [0.1, 0.15) is 11.6 Å². The summed E-state index contributed by atoms with van der Waals surface area (Å²) in [5.74, 6) is -0.0570. The number of nitriles is 1. The Morgan fingerprint density at radius 2 is 2.00 bits per heavy atom. The van der Waals surface area contributed by atoms with Gasteiger partial charge in [0.05, 0.1) is 46.4 Å². The van der Waals surface area contributed by atoms with E-state index >= 15 is 0 Å². The first-order valence-electron chi connectivity index (χ1n) is 11.4. The van der Waals surface area contributed by atoms with E-state index in [0.29, 0.717) is 34.7 Å². The molecule has 0 spiro atoms. The molecule has 1 aliphatic heterocycles. The third-order valence-corrected chi connectivity index (χ3v) is 6.72. The average Bonchev–Trinajstić information content (AvgIpc) is 3.45. The van der Waals surface area contributed by atoms with Crippen LogP contribution in [0.25, 0.3) is 16.9 Å². The summed E-state index contributed by atoms with van der Waals surface area (Å²) < 4.78 is 16.3. The third kappa shape index (κ3) is 4.01. The number of pyridine rings is 1. The van der Waals surface area contributed by atoms with Crippen LogP contribution in [0.15, 0.2) is 36.5 Å². The van der Waals surface area contributed by atoms with E-state index in [0.717, 1.165) is 31.5 Å². The lowest BCUT2D eigenvalue weighted by atomic mass is 9.90. The van der Waals surface area contributed by atoms with E-state index in [9.17, 15) is 14.4 Å². The Kier molecular flexibility index (Phi) is 5.75. The molecule has 2 aliphatic rings. The zero-order chi connectivity index (χ0) is 23.8. The number of rotatable bonds is 5. The van der Waals surface area contributed by atoms with Gasteiger partial charge >= 0.3 is 0 Å². The first kappa shape index (κ1) is 22.0. The lowest BCUT2D eigenvalue weighted by Crippen LogP contribution is -2.36. The number of halogens is 1. The number of nitrogens with one attached hydrogen (secondary N) is 2. The second kappa shape index (κ2) is 8.88. The first-order chi connectivity index (χ1) is 16.4. The van der Waals surface area contributed by atoms with Crippen molar-refractivity contribution in [3.63, 3.8) is 0 Å². The summed E-state index contributed by atoms with van der Waals surface area (Å²) in [6.07, 6.45) is 6.19. The van der Waals surface area contributed by atoms with Crippen molar-refractivity contribution >= 4 is 11.7 Å². The van der Waals surface area contributed by atoms with Crippen LogP contribution in [-0.4, -0.2) is 51.8 Å². The molecular weight excluding hydrogens is 433 g/mol. The minimum absolute atomic E-state index is 0.122. The predicted molar refractivity (Wildman–Crippen MR) is 126 cm³/mol. The van der Waals surface area contributed by atoms with Crippen LogP contribution in [0.2, 0.25) is 0 Å². The highest BCUT2D eigenvalue weighted by molar-refractivity contribution is 6.01. The molecular formula is C25H26FN7O. The van der Waals surface area contributed by atoms with Crippen molar-refractivity contribution in [1.82, 2.24) is 25.0 Å². The maximum atomic E-state index is 14.7. The number of aromatic nitrogens is 3. The number of anilines is 1. The van der Waals surface area contributed by atoms with Gasteiger partial charge in [0.15, 0.2) is 0 Å². The number of hydrogen-bond donors (Lipinski definition) is 2. The molecule has 5 rings (SSSR count). The van der Waals surface area contributed by atoms with Gasteiger partial charge in [-0.15, -0.1) is 0 Å². The zero-order valence-corrected chi connectivity index (χ0v) is 19.2. The van der Waals surface area contributed by atoms with E-state index in [-0.39, 0.29) is 23.6 Å². The van der Waals surface area contributed by atoms with Crippen molar-refractivity contribution in [2.45, 2.75) is 44.3 Å². The molecule has 0 bridgehead atoms. The maximum absolute atomic E-state index is 14.7. The third-order valence-electron chi connectivity index (χ3n) is 6.72. The van der Waals surface area contributed by atoms with Crippen LogP contribution in [0, 0.1) is 17.1 Å². The van der Waals surface area contributed by atoms with Gasteiger partial charge in [0, 0.05) is 24.3 Å². The van der Waals surface area contributed by atoms with Gasteiger partial charge < -0.3 is 15.5 Å². The normalized spacial score (nSPS) is 19.6. The molecule has 1 aromatic carbocycles. The Balaban J connectivity index is 1.48. The lowest BCUT2D eigenvalue weighted by Gasteiger charge is -2.32. The van der Waals surface area contributed by atoms with E-state index in [1.807, 2.05) is 12.1 Å². The fourth-order valence-corrected chi connectivity index (χ4v) is 4.88. The topological polar surface area (TPSA) is 98.9 Å². The standard InChI is InChI=1S/C25H26FN7O/c1-32(2)17-8-6-16(7-9-17)29-22-10-11-33(31-22)21-12-19(30-20-14-28-25(34)24(20)21)23-15(13-27)4-3-5-18(23)26/h3-5,10-12,16-17H,6-9,14H2,1-2H3,(H,28,34)(H,29,31). The van der Waals surface area contributed by atoms with Crippen LogP contribution in [0.1, 0.15) is 47.3 Å². The van der Waals surface area contributed by atoms with Crippen molar-refractivity contribution < 1.29 is 9.18 Å². The van der Waals surface area contributed by atoms with E-state index in [4.69, 9.17) is 0 Å². The van der Waals surface area contributed by atoms with Crippen LogP contribution in [0.3, 0.4) is 0 Å². The molecule has 9 heteroatoms. The van der Waals surface area contributed by atoms with E-state index in [2.05, 4.69) is 39.7 Å². The van der Waals surface area contributed by atoms with E-state index in [1.165, 1.54) is 12.1 Å². The molecule has 1 amide bonds. The molecule has 0 unspecified atom stereocenters. The fourth-order valence-electron chi connectivity index (χ4n) is 4.88. The van der Waals surface area contributed by atoms with Gasteiger partial charge in [0.2, 0.25) is 0 Å². The highest BCUT2D eigenvalue weighted by Gasteiger charge is 2.28. The maximum Gasteiger partial charge on any atom is 0.255 e. The van der Waals surface area contributed by atoms with Crippen molar-refractivity contribution in [2.75, 3.05) is 19.4 Å². The summed E-state index contributed by atoms with van der Waals surface area (Å²) in [5, 5.41) is 20.5.